The van der Waals surface area contributed by atoms with Gasteiger partial charge in [-0.1, -0.05) is 358 Å². The molecule has 0 saturated heterocycles. The highest BCUT2D eigenvalue weighted by Crippen LogP contribution is 2.43. The van der Waals surface area contributed by atoms with Gasteiger partial charge < -0.3 is 18.9 Å². The summed E-state index contributed by atoms with van der Waals surface area (Å²) in [5.41, 5.74) is 0. The summed E-state index contributed by atoms with van der Waals surface area (Å²) in [7, 11) is 1.49. The summed E-state index contributed by atoms with van der Waals surface area (Å²) in [6, 6.07) is 0. The maximum atomic E-state index is 12.9. The molecule has 0 amide bonds. The number of hydrogen-bond acceptors (Lipinski definition) is 7. The van der Waals surface area contributed by atoms with E-state index >= 15 is 0 Å². The third kappa shape index (κ3) is 71.1. The number of allylic oxidation sites excluding steroid dienone is 8. The Bertz CT molecular complexity index is 1590. The van der Waals surface area contributed by atoms with Crippen LogP contribution < -0.4 is 0 Å². The Balaban J connectivity index is 3.94. The molecule has 0 aliphatic rings. The molecule has 506 valence electrons. The number of ether oxygens (including phenoxy) is 2. The zero-order valence-electron chi connectivity index (χ0n) is 57.8. The van der Waals surface area contributed by atoms with Gasteiger partial charge in [-0.3, -0.25) is 18.6 Å². The Kier molecular flexibility index (Phi) is 65.8. The summed E-state index contributed by atoms with van der Waals surface area (Å²) in [5, 5.41) is 0. The number of phosphoric ester groups is 1. The van der Waals surface area contributed by atoms with Gasteiger partial charge in [0.25, 0.3) is 0 Å². The van der Waals surface area contributed by atoms with Crippen LogP contribution in [0.25, 0.3) is 0 Å². The second-order valence-electron chi connectivity index (χ2n) is 26.7. The van der Waals surface area contributed by atoms with Crippen LogP contribution in [0.1, 0.15) is 373 Å². The number of unbranched alkanes of at least 4 members (excludes halogenated alkanes) is 48. The number of rotatable bonds is 70. The molecule has 0 aromatic rings. The summed E-state index contributed by atoms with van der Waals surface area (Å²) in [6.07, 6.45) is 88.2. The molecule has 0 fully saturated rings. The Morgan fingerprint density at radius 2 is 0.663 bits per heavy atom. The molecule has 9 nitrogen and oxygen atoms in total. The van der Waals surface area contributed by atoms with Crippen molar-refractivity contribution in [2.75, 3.05) is 47.5 Å². The normalized spacial score (nSPS) is 13.3. The van der Waals surface area contributed by atoms with Gasteiger partial charge in [0, 0.05) is 12.8 Å². The summed E-state index contributed by atoms with van der Waals surface area (Å²) in [4.78, 5) is 35.9. The van der Waals surface area contributed by atoms with Crippen LogP contribution in [0, 0.1) is 0 Å². The van der Waals surface area contributed by atoms with Crippen molar-refractivity contribution in [1.29, 1.82) is 0 Å². The van der Waals surface area contributed by atoms with Crippen molar-refractivity contribution in [1.82, 2.24) is 0 Å². The van der Waals surface area contributed by atoms with E-state index in [-0.39, 0.29) is 25.6 Å². The molecule has 0 saturated carbocycles. The number of hydrogen-bond donors (Lipinski definition) is 1. The highest BCUT2D eigenvalue weighted by molar-refractivity contribution is 7.47. The molecule has 2 atom stereocenters. The van der Waals surface area contributed by atoms with Crippen molar-refractivity contribution in [2.24, 2.45) is 0 Å². The number of carbonyl (C=O) groups excluding carboxylic acids is 2. The van der Waals surface area contributed by atoms with E-state index in [1.54, 1.807) is 0 Å². The predicted molar refractivity (Wildman–Crippen MR) is 372 cm³/mol. The summed E-state index contributed by atoms with van der Waals surface area (Å²) in [5.74, 6) is -0.779. The Morgan fingerprint density at radius 3 is 0.988 bits per heavy atom. The molecule has 10 heteroatoms. The van der Waals surface area contributed by atoms with Crippen molar-refractivity contribution in [2.45, 2.75) is 380 Å². The number of quaternary nitrogens is 1. The van der Waals surface area contributed by atoms with Crippen LogP contribution >= 0.6 is 7.82 Å². The van der Waals surface area contributed by atoms with E-state index in [1.807, 2.05) is 21.1 Å². The smallest absolute Gasteiger partial charge is 0.462 e. The van der Waals surface area contributed by atoms with E-state index < -0.39 is 26.5 Å². The molecule has 0 aliphatic carbocycles. The van der Waals surface area contributed by atoms with Gasteiger partial charge in [-0.2, -0.15) is 0 Å². The number of likely N-dealkylation sites (N-methyl/N-ethyl adjacent to an activating group) is 1. The largest absolute Gasteiger partial charge is 0.472 e. The predicted octanol–water partition coefficient (Wildman–Crippen LogP) is 24.4. The molecule has 0 rings (SSSR count). The Hall–Kier alpha value is -2.03. The lowest BCUT2D eigenvalue weighted by atomic mass is 10.0. The first-order chi connectivity index (χ1) is 42.0. The molecule has 0 radical (unpaired) electrons. The van der Waals surface area contributed by atoms with E-state index in [4.69, 9.17) is 18.5 Å². The van der Waals surface area contributed by atoms with Crippen molar-refractivity contribution in [3.05, 3.63) is 48.6 Å². The van der Waals surface area contributed by atoms with Gasteiger partial charge >= 0.3 is 19.8 Å². The van der Waals surface area contributed by atoms with Gasteiger partial charge in [-0.15, -0.1) is 0 Å². The molecule has 0 aromatic carbocycles. The lowest BCUT2D eigenvalue weighted by Gasteiger charge is -2.24. The zero-order valence-corrected chi connectivity index (χ0v) is 58.7. The molecule has 0 aromatic heterocycles. The maximum Gasteiger partial charge on any atom is 0.472 e. The van der Waals surface area contributed by atoms with Crippen LogP contribution in [0.15, 0.2) is 48.6 Å². The second-order valence-corrected chi connectivity index (χ2v) is 28.1. The first-order valence-corrected chi connectivity index (χ1v) is 38.9. The summed E-state index contributed by atoms with van der Waals surface area (Å²) >= 11 is 0. The van der Waals surface area contributed by atoms with E-state index in [9.17, 15) is 19.0 Å². The standard InChI is InChI=1S/C76H144NO8P/c1-6-8-10-12-14-16-18-20-22-24-26-28-30-32-34-35-36-37-38-39-40-41-43-44-46-48-50-52-54-56-58-60-62-64-66-68-75(78)82-72-74(73-84-86(80,81)83-71-70-77(3,4)5)85-76(79)69-67-65-63-61-59-57-55-53-51-49-47-45-42-33-31-29-27-25-23-21-19-17-15-13-11-9-7-2/h9,11,15,17,21,23,27,29,74H,6-8,10,12-14,16,18-20,22,24-26,28,30-73H2,1-5H3/p+1/b11-9-,17-15-,23-21-,29-27-. The first kappa shape index (κ1) is 84.0. The molecule has 2 unspecified atom stereocenters. The lowest BCUT2D eigenvalue weighted by molar-refractivity contribution is -0.870. The van der Waals surface area contributed by atoms with Gasteiger partial charge in [0.2, 0.25) is 0 Å². The topological polar surface area (TPSA) is 108 Å². The molecular weight excluding hydrogens is 1090 g/mol. The summed E-state index contributed by atoms with van der Waals surface area (Å²) in [6.45, 7) is 4.39. The fraction of sp³-hybridized carbons (Fsp3) is 0.868. The summed E-state index contributed by atoms with van der Waals surface area (Å²) < 4.78 is 34.8. The van der Waals surface area contributed by atoms with Crippen molar-refractivity contribution >= 4 is 19.8 Å². The van der Waals surface area contributed by atoms with Crippen LogP contribution in [0.2, 0.25) is 0 Å². The third-order valence-electron chi connectivity index (χ3n) is 16.9. The minimum atomic E-state index is -4.39. The highest BCUT2D eigenvalue weighted by Gasteiger charge is 2.27. The van der Waals surface area contributed by atoms with Gasteiger partial charge in [-0.05, 0) is 51.4 Å². The molecule has 0 bridgehead atoms. The molecule has 86 heavy (non-hydrogen) atoms. The van der Waals surface area contributed by atoms with Gasteiger partial charge in [0.15, 0.2) is 6.10 Å². The van der Waals surface area contributed by atoms with Crippen LogP contribution in [0.4, 0.5) is 0 Å². The maximum absolute atomic E-state index is 12.9. The fourth-order valence-electron chi connectivity index (χ4n) is 11.2. The van der Waals surface area contributed by atoms with E-state index in [1.165, 1.54) is 283 Å². The monoisotopic (exact) mass is 1230 g/mol. The van der Waals surface area contributed by atoms with Crippen molar-refractivity contribution in [3.8, 4) is 0 Å². The van der Waals surface area contributed by atoms with Crippen LogP contribution in [0.3, 0.4) is 0 Å². The molecule has 0 heterocycles. The van der Waals surface area contributed by atoms with Gasteiger partial charge in [0.05, 0.1) is 27.7 Å². The number of carbonyl (C=O) groups is 2. The molecule has 0 spiro atoms. The second kappa shape index (κ2) is 67.4. The Morgan fingerprint density at radius 1 is 0.372 bits per heavy atom. The van der Waals surface area contributed by atoms with Gasteiger partial charge in [-0.25, -0.2) is 4.57 Å². The van der Waals surface area contributed by atoms with E-state index in [0.29, 0.717) is 23.9 Å². The molecule has 1 N–H and O–H groups in total. The van der Waals surface area contributed by atoms with E-state index in [0.717, 1.165) is 57.8 Å². The highest BCUT2D eigenvalue weighted by atomic mass is 31.2. The molecular formula is C76H145NO8P+. The average Bonchev–Trinajstić information content (AvgIpc) is 3.53. The zero-order chi connectivity index (χ0) is 62.6. The van der Waals surface area contributed by atoms with Crippen LogP contribution in [-0.2, 0) is 32.7 Å². The minimum absolute atomic E-state index is 0.0332. The van der Waals surface area contributed by atoms with Crippen LogP contribution in [0.5, 0.6) is 0 Å². The SMILES string of the molecule is CC/C=C\C/C=C\C/C=C\C/C=C\CCCCCCCCCCCCCCCCC(=O)OC(COC(=O)CCCCCCCCCCCCCCCCCCCCCCCCCCCCCCCCCCCCC)COP(=O)(O)OCC[N+](C)(C)C. The van der Waals surface area contributed by atoms with Crippen LogP contribution in [-0.4, -0.2) is 74.9 Å². The molecule has 0 aliphatic heterocycles. The van der Waals surface area contributed by atoms with Gasteiger partial charge in [0.1, 0.15) is 19.8 Å². The average molecular weight is 1230 g/mol. The minimum Gasteiger partial charge on any atom is -0.462 e. The third-order valence-corrected chi connectivity index (χ3v) is 17.9. The number of esters is 2. The quantitative estimate of drug-likeness (QED) is 0.0211. The number of phosphoric acid groups is 1. The number of nitrogens with zero attached hydrogens (tertiary/aromatic N) is 1. The Labute approximate surface area is 534 Å². The van der Waals surface area contributed by atoms with E-state index in [2.05, 4.69) is 62.5 Å². The van der Waals surface area contributed by atoms with Crippen molar-refractivity contribution in [3.63, 3.8) is 0 Å². The van der Waals surface area contributed by atoms with Crippen molar-refractivity contribution < 1.29 is 42.1 Å². The first-order valence-electron chi connectivity index (χ1n) is 37.4. The lowest BCUT2D eigenvalue weighted by Crippen LogP contribution is -2.37. The fourth-order valence-corrected chi connectivity index (χ4v) is 11.9.